The molecule has 0 radical (unpaired) electrons. The Hall–Kier alpha value is -2.58. The number of hydrogen-bond acceptors (Lipinski definition) is 6. The van der Waals surface area contributed by atoms with Gasteiger partial charge in [0.1, 0.15) is 16.4 Å². The number of ether oxygens (including phenoxy) is 1. The van der Waals surface area contributed by atoms with Crippen LogP contribution in [-0.2, 0) is 11.0 Å². The van der Waals surface area contributed by atoms with E-state index in [1.54, 1.807) is 42.7 Å². The van der Waals surface area contributed by atoms with Crippen molar-refractivity contribution in [3.63, 3.8) is 0 Å². The Morgan fingerprint density at radius 3 is 2.62 bits per heavy atom. The van der Waals surface area contributed by atoms with Crippen LogP contribution >= 0.6 is 11.3 Å². The predicted octanol–water partition coefficient (Wildman–Crippen LogP) is 6.74. The summed E-state index contributed by atoms with van der Waals surface area (Å²) >= 11 is 1.63. The fourth-order valence-electron chi connectivity index (χ4n) is 4.57. The third-order valence-corrected chi connectivity index (χ3v) is 8.56. The van der Waals surface area contributed by atoms with Gasteiger partial charge in [-0.15, -0.1) is 0 Å². The van der Waals surface area contributed by atoms with Crippen molar-refractivity contribution in [2.24, 2.45) is 5.92 Å². The first-order valence-corrected chi connectivity index (χ1v) is 13.8. The quantitative estimate of drug-likeness (QED) is 0.284. The van der Waals surface area contributed by atoms with Gasteiger partial charge in [-0.1, -0.05) is 43.4 Å². The summed E-state index contributed by atoms with van der Waals surface area (Å²) in [4.78, 5) is 6.38. The molecule has 34 heavy (non-hydrogen) atoms. The van der Waals surface area contributed by atoms with Crippen molar-refractivity contribution in [2.45, 2.75) is 63.3 Å². The second-order valence-corrected chi connectivity index (χ2v) is 11.2. The maximum atomic E-state index is 13.1. The zero-order valence-electron chi connectivity index (χ0n) is 20.0. The van der Waals surface area contributed by atoms with Crippen molar-refractivity contribution >= 4 is 33.1 Å². The molecule has 0 aliphatic heterocycles. The average molecular weight is 500 g/mol. The van der Waals surface area contributed by atoms with E-state index in [1.807, 2.05) is 25.1 Å². The number of phenolic OH excluding ortho intramolecular Hbond substituents is 1. The fraction of sp³-hybridized carbons (Fsp3) is 0.423. The minimum absolute atomic E-state index is 0.161. The minimum atomic E-state index is -1.54. The summed E-state index contributed by atoms with van der Waals surface area (Å²) in [6, 6.07) is 12.6. The van der Waals surface area contributed by atoms with E-state index in [-0.39, 0.29) is 5.75 Å². The van der Waals surface area contributed by atoms with E-state index in [2.05, 4.69) is 17.0 Å². The van der Waals surface area contributed by atoms with Crippen molar-refractivity contribution in [1.82, 2.24) is 4.98 Å². The summed E-state index contributed by atoms with van der Waals surface area (Å²) in [5, 5.41) is 14.0. The molecule has 182 valence electrons. The molecule has 0 spiro atoms. The number of nitrogens with one attached hydrogen (secondary N) is 2. The summed E-state index contributed by atoms with van der Waals surface area (Å²) in [5.74, 6) is 1.53. The minimum Gasteiger partial charge on any atom is -0.508 e. The lowest BCUT2D eigenvalue weighted by atomic mass is 9.85. The van der Waals surface area contributed by atoms with Gasteiger partial charge in [-0.25, -0.2) is 9.19 Å². The second kappa shape index (κ2) is 11.2. The van der Waals surface area contributed by atoms with E-state index in [1.165, 1.54) is 38.5 Å². The van der Waals surface area contributed by atoms with E-state index in [9.17, 15) is 9.32 Å². The summed E-state index contributed by atoms with van der Waals surface area (Å²) in [6.45, 7) is 4.26. The lowest BCUT2D eigenvalue weighted by Gasteiger charge is -2.24. The highest BCUT2D eigenvalue weighted by Crippen LogP contribution is 2.37. The van der Waals surface area contributed by atoms with Gasteiger partial charge in [0.25, 0.3) is 0 Å². The summed E-state index contributed by atoms with van der Waals surface area (Å²) < 4.78 is 21.6. The third kappa shape index (κ3) is 6.10. The number of aryl methyl sites for hydroxylation is 1. The van der Waals surface area contributed by atoms with E-state index >= 15 is 0 Å². The van der Waals surface area contributed by atoms with Crippen LogP contribution in [0, 0.1) is 12.8 Å². The number of rotatable bonds is 9. The highest BCUT2D eigenvalue weighted by atomic mass is 32.2. The standard InChI is InChI=1S/C26H33N3O3S2/c1-17(15-19-7-5-4-6-8-19)27-26-28-18(2)25(33-26)20-9-14-23(32-3)24(16-20)34(31)29-21-10-12-22(30)13-11-21/h9-14,16-17,19,29-30H,4-8,15H2,1-3H3,(H,27,28). The molecule has 1 fully saturated rings. The first-order valence-electron chi connectivity index (χ1n) is 11.8. The van der Waals surface area contributed by atoms with Crippen molar-refractivity contribution in [1.29, 1.82) is 0 Å². The van der Waals surface area contributed by atoms with Gasteiger partial charge in [0.05, 0.1) is 17.7 Å². The molecule has 1 aliphatic carbocycles. The predicted molar refractivity (Wildman–Crippen MR) is 141 cm³/mol. The number of methoxy groups -OCH3 is 1. The molecule has 1 aromatic heterocycles. The van der Waals surface area contributed by atoms with Gasteiger partial charge in [-0.05, 0) is 74.2 Å². The molecule has 2 aromatic carbocycles. The number of thiazole rings is 1. The number of anilines is 2. The second-order valence-electron chi connectivity index (χ2n) is 9.00. The van der Waals surface area contributed by atoms with Crippen LogP contribution < -0.4 is 14.8 Å². The van der Waals surface area contributed by atoms with Crippen LogP contribution in [0.3, 0.4) is 0 Å². The number of phenols is 1. The van der Waals surface area contributed by atoms with E-state index < -0.39 is 11.0 Å². The number of aromatic hydroxyl groups is 1. The van der Waals surface area contributed by atoms with Crippen LogP contribution in [0.4, 0.5) is 10.8 Å². The van der Waals surface area contributed by atoms with Gasteiger partial charge in [0.2, 0.25) is 0 Å². The largest absolute Gasteiger partial charge is 0.508 e. The van der Waals surface area contributed by atoms with E-state index in [0.29, 0.717) is 22.4 Å². The molecule has 0 saturated heterocycles. The smallest absolute Gasteiger partial charge is 0.183 e. The number of benzene rings is 2. The molecule has 1 heterocycles. The van der Waals surface area contributed by atoms with Gasteiger partial charge in [-0.3, -0.25) is 0 Å². The number of aromatic nitrogens is 1. The molecular weight excluding hydrogens is 466 g/mol. The lowest BCUT2D eigenvalue weighted by Crippen LogP contribution is -2.20. The number of nitrogens with zero attached hydrogens (tertiary/aromatic N) is 1. The lowest BCUT2D eigenvalue weighted by molar-refractivity contribution is 0.328. The maximum absolute atomic E-state index is 13.1. The van der Waals surface area contributed by atoms with Crippen molar-refractivity contribution in [3.05, 3.63) is 48.2 Å². The zero-order chi connectivity index (χ0) is 24.1. The first kappa shape index (κ1) is 24.5. The maximum Gasteiger partial charge on any atom is 0.183 e. The highest BCUT2D eigenvalue weighted by molar-refractivity contribution is 7.86. The molecule has 1 aliphatic rings. The Bertz CT molecular complexity index is 1120. The molecule has 8 heteroatoms. The Labute approximate surface area is 208 Å². The van der Waals surface area contributed by atoms with Crippen LogP contribution in [-0.4, -0.2) is 27.5 Å². The zero-order valence-corrected chi connectivity index (χ0v) is 21.6. The molecule has 2 atom stereocenters. The van der Waals surface area contributed by atoms with Gasteiger partial charge in [0.15, 0.2) is 16.1 Å². The van der Waals surface area contributed by atoms with Gasteiger partial charge >= 0.3 is 0 Å². The van der Waals surface area contributed by atoms with Crippen LogP contribution in [0.1, 0.15) is 51.1 Å². The van der Waals surface area contributed by atoms with Gasteiger partial charge in [0, 0.05) is 11.7 Å². The molecule has 3 aromatic rings. The fourth-order valence-corrected chi connectivity index (χ4v) is 6.68. The van der Waals surface area contributed by atoms with Gasteiger partial charge in [-0.2, -0.15) is 0 Å². The monoisotopic (exact) mass is 499 g/mol. The van der Waals surface area contributed by atoms with E-state index in [4.69, 9.17) is 9.72 Å². The van der Waals surface area contributed by atoms with Gasteiger partial charge < -0.3 is 19.9 Å². The molecule has 0 amide bonds. The summed E-state index contributed by atoms with van der Waals surface area (Å²) in [6.07, 6.45) is 7.98. The van der Waals surface area contributed by atoms with Crippen LogP contribution in [0.5, 0.6) is 11.5 Å². The Balaban J connectivity index is 1.50. The van der Waals surface area contributed by atoms with Crippen LogP contribution in [0.2, 0.25) is 0 Å². The highest BCUT2D eigenvalue weighted by Gasteiger charge is 2.19. The molecule has 0 bridgehead atoms. The Morgan fingerprint density at radius 2 is 1.91 bits per heavy atom. The summed E-state index contributed by atoms with van der Waals surface area (Å²) in [7, 11) is 0.0354. The molecular formula is C26H33N3O3S2. The molecule has 1 saturated carbocycles. The van der Waals surface area contributed by atoms with Crippen LogP contribution in [0.25, 0.3) is 10.4 Å². The molecule has 6 nitrogen and oxygen atoms in total. The third-order valence-electron chi connectivity index (χ3n) is 6.28. The summed E-state index contributed by atoms with van der Waals surface area (Å²) in [5.41, 5.74) is 2.56. The molecule has 4 rings (SSSR count). The topological polar surface area (TPSA) is 83.5 Å². The Kier molecular flexibility index (Phi) is 8.11. The van der Waals surface area contributed by atoms with E-state index in [0.717, 1.165) is 27.2 Å². The van der Waals surface area contributed by atoms with Crippen molar-refractivity contribution in [2.75, 3.05) is 17.1 Å². The SMILES string of the molecule is COc1ccc(-c2sc(NC(C)CC3CCCCC3)nc2C)cc1S(=O)Nc1ccc(O)cc1. The van der Waals surface area contributed by atoms with Crippen molar-refractivity contribution < 1.29 is 14.1 Å². The first-order chi connectivity index (χ1) is 16.4. The Morgan fingerprint density at radius 1 is 1.18 bits per heavy atom. The molecule has 3 N–H and O–H groups in total. The number of hydrogen-bond donors (Lipinski definition) is 3. The normalized spacial score (nSPS) is 16.1. The molecule has 2 unspecified atom stereocenters. The average Bonchev–Trinajstić information content (AvgIpc) is 3.20. The van der Waals surface area contributed by atoms with Crippen LogP contribution in [0.15, 0.2) is 47.4 Å². The van der Waals surface area contributed by atoms with Crippen molar-refractivity contribution in [3.8, 4) is 21.9 Å².